The van der Waals surface area contributed by atoms with Gasteiger partial charge in [0, 0.05) is 19.0 Å². The summed E-state index contributed by atoms with van der Waals surface area (Å²) >= 11 is 12.2. The van der Waals surface area contributed by atoms with Gasteiger partial charge in [-0.1, -0.05) is 29.3 Å². The summed E-state index contributed by atoms with van der Waals surface area (Å²) in [6.45, 7) is 2.08. The first-order valence-electron chi connectivity index (χ1n) is 10.5. The van der Waals surface area contributed by atoms with E-state index in [2.05, 4.69) is 15.3 Å². The van der Waals surface area contributed by atoms with Crippen LogP contribution in [0.1, 0.15) is 19.8 Å². The van der Waals surface area contributed by atoms with E-state index in [1.807, 2.05) is 12.1 Å². The molecule has 1 saturated carbocycles. The molecule has 0 saturated heterocycles. The molecule has 0 atom stereocenters. The van der Waals surface area contributed by atoms with E-state index in [0.29, 0.717) is 45.5 Å². The van der Waals surface area contributed by atoms with Crippen molar-refractivity contribution >= 4 is 46.4 Å². The number of nitrogens with zero attached hydrogens (tertiary/aromatic N) is 3. The summed E-state index contributed by atoms with van der Waals surface area (Å²) in [5.41, 5.74) is 2.76. The van der Waals surface area contributed by atoms with Crippen LogP contribution in [0.15, 0.2) is 54.9 Å². The fourth-order valence-corrected chi connectivity index (χ4v) is 3.67. The summed E-state index contributed by atoms with van der Waals surface area (Å²) in [6, 6.07) is 12.3. The second-order valence-corrected chi connectivity index (χ2v) is 8.62. The molecular weight excluding hydrogens is 463 g/mol. The van der Waals surface area contributed by atoms with Crippen LogP contribution < -0.4 is 15.0 Å². The number of benzene rings is 1. The van der Waals surface area contributed by atoms with Gasteiger partial charge < -0.3 is 15.0 Å². The quantitative estimate of drug-likeness (QED) is 0.442. The average Bonchev–Trinajstić information content (AvgIpc) is 3.62. The van der Waals surface area contributed by atoms with E-state index in [4.69, 9.17) is 27.9 Å². The van der Waals surface area contributed by atoms with Crippen LogP contribution in [0, 0.1) is 5.92 Å². The Morgan fingerprint density at radius 3 is 2.52 bits per heavy atom. The van der Waals surface area contributed by atoms with Crippen molar-refractivity contribution in [1.29, 1.82) is 0 Å². The van der Waals surface area contributed by atoms with Crippen LogP contribution in [-0.4, -0.2) is 34.9 Å². The van der Waals surface area contributed by atoms with Crippen molar-refractivity contribution in [2.75, 3.05) is 23.4 Å². The van der Waals surface area contributed by atoms with Gasteiger partial charge in [-0.3, -0.25) is 14.6 Å². The third kappa shape index (κ3) is 6.21. The highest BCUT2D eigenvalue weighted by Crippen LogP contribution is 2.35. The molecule has 1 fully saturated rings. The Morgan fingerprint density at radius 1 is 1.09 bits per heavy atom. The van der Waals surface area contributed by atoms with E-state index in [1.165, 1.54) is 6.20 Å². The van der Waals surface area contributed by atoms with Crippen LogP contribution in [0.4, 0.5) is 11.4 Å². The zero-order valence-electron chi connectivity index (χ0n) is 17.9. The number of hydrogen-bond acceptors (Lipinski definition) is 5. The van der Waals surface area contributed by atoms with Gasteiger partial charge >= 0.3 is 0 Å². The highest BCUT2D eigenvalue weighted by Gasteiger charge is 2.27. The van der Waals surface area contributed by atoms with E-state index in [9.17, 15) is 9.59 Å². The van der Waals surface area contributed by atoms with E-state index >= 15 is 0 Å². The first-order chi connectivity index (χ1) is 15.9. The van der Waals surface area contributed by atoms with Gasteiger partial charge in [0.2, 0.25) is 5.91 Å². The van der Waals surface area contributed by atoms with Gasteiger partial charge in [0.1, 0.15) is 10.9 Å². The molecule has 1 aromatic carbocycles. The highest BCUT2D eigenvalue weighted by molar-refractivity contribution is 6.34. The highest BCUT2D eigenvalue weighted by atomic mass is 35.5. The van der Waals surface area contributed by atoms with Crippen molar-refractivity contribution in [3.05, 3.63) is 65.0 Å². The molecule has 3 aromatic rings. The van der Waals surface area contributed by atoms with Crippen LogP contribution >= 0.6 is 23.2 Å². The molecule has 33 heavy (non-hydrogen) atoms. The van der Waals surface area contributed by atoms with E-state index in [0.717, 1.165) is 18.4 Å². The van der Waals surface area contributed by atoms with Crippen molar-refractivity contribution in [3.63, 3.8) is 0 Å². The molecule has 0 radical (unpaired) electrons. The molecule has 9 heteroatoms. The molecule has 7 nitrogen and oxygen atoms in total. The first kappa shape index (κ1) is 23.0. The Bertz CT molecular complexity index is 1150. The minimum absolute atomic E-state index is 0.0222. The fraction of sp³-hybridized carbons (Fsp3) is 0.250. The summed E-state index contributed by atoms with van der Waals surface area (Å²) in [7, 11) is 0. The third-order valence-electron chi connectivity index (χ3n) is 5.17. The number of pyridine rings is 2. The number of hydrogen-bond donors (Lipinski definition) is 1. The molecule has 2 aromatic heterocycles. The normalized spacial score (nSPS) is 12.8. The molecule has 170 valence electrons. The lowest BCUT2D eigenvalue weighted by molar-refractivity contribution is -0.118. The molecule has 0 bridgehead atoms. The molecule has 1 aliphatic rings. The predicted octanol–water partition coefficient (Wildman–Crippen LogP) is 5.23. The molecule has 0 aliphatic heterocycles. The maximum absolute atomic E-state index is 12.1. The number of carbonyl (C=O) groups is 2. The summed E-state index contributed by atoms with van der Waals surface area (Å²) in [6.07, 6.45) is 5.31. The van der Waals surface area contributed by atoms with Gasteiger partial charge in [-0.15, -0.1) is 0 Å². The number of anilines is 2. The van der Waals surface area contributed by atoms with Crippen LogP contribution in [0.3, 0.4) is 0 Å². The molecule has 0 unspecified atom stereocenters. The van der Waals surface area contributed by atoms with E-state index < -0.39 is 0 Å². The number of aromatic nitrogens is 2. The van der Waals surface area contributed by atoms with Crippen LogP contribution in [0.5, 0.6) is 5.75 Å². The summed E-state index contributed by atoms with van der Waals surface area (Å²) in [5.74, 6) is 0.657. The average molecular weight is 485 g/mol. The third-order valence-corrected chi connectivity index (χ3v) is 5.70. The minimum atomic E-state index is -0.327. The maximum atomic E-state index is 12.1. The van der Waals surface area contributed by atoms with Crippen molar-refractivity contribution in [3.8, 4) is 17.0 Å². The first-order valence-corrected chi connectivity index (χ1v) is 11.2. The molecule has 4 rings (SSSR count). The number of carbonyl (C=O) groups excluding carboxylic acids is 2. The number of amides is 2. The van der Waals surface area contributed by atoms with E-state index in [1.54, 1.807) is 48.4 Å². The Labute approximate surface area is 201 Å². The molecule has 2 heterocycles. The second-order valence-electron chi connectivity index (χ2n) is 7.82. The Morgan fingerprint density at radius 2 is 1.91 bits per heavy atom. The smallest absolute Gasteiger partial charge is 0.262 e. The van der Waals surface area contributed by atoms with Gasteiger partial charge in [-0.2, -0.15) is 0 Å². The Kier molecular flexibility index (Phi) is 7.11. The molecule has 0 spiro atoms. The Balaban J connectivity index is 1.38. The molecule has 2 amide bonds. The predicted molar refractivity (Wildman–Crippen MR) is 129 cm³/mol. The largest absolute Gasteiger partial charge is 0.482 e. The summed E-state index contributed by atoms with van der Waals surface area (Å²) in [5, 5.41) is 3.58. The van der Waals surface area contributed by atoms with Crippen LogP contribution in [0.2, 0.25) is 10.2 Å². The van der Waals surface area contributed by atoms with Gasteiger partial charge in [0.25, 0.3) is 5.91 Å². The summed E-state index contributed by atoms with van der Waals surface area (Å²) in [4.78, 5) is 34.3. The lowest BCUT2D eigenvalue weighted by Crippen LogP contribution is -2.30. The van der Waals surface area contributed by atoms with Crippen molar-refractivity contribution in [1.82, 2.24) is 9.97 Å². The number of rotatable bonds is 8. The lowest BCUT2D eigenvalue weighted by atomic mass is 10.1. The standard InChI is InChI=1S/C24H22Cl2N4O3/c1-15(31)30(13-16-2-3-16)22-8-4-17(10-20(22)25)21-7-5-18(11-27-21)29-24(32)14-33-19-6-9-23(26)28-12-19/h4-12,16H,2-3,13-14H2,1H3,(H,29,32). The maximum Gasteiger partial charge on any atom is 0.262 e. The number of nitrogens with one attached hydrogen (secondary N) is 1. The number of ether oxygens (including phenoxy) is 1. The van der Waals surface area contributed by atoms with Crippen LogP contribution in [0.25, 0.3) is 11.3 Å². The van der Waals surface area contributed by atoms with Crippen molar-refractivity contribution < 1.29 is 14.3 Å². The van der Waals surface area contributed by atoms with Gasteiger partial charge in [-0.25, -0.2) is 4.98 Å². The van der Waals surface area contributed by atoms with Crippen LogP contribution in [-0.2, 0) is 9.59 Å². The van der Waals surface area contributed by atoms with Gasteiger partial charge in [0.05, 0.1) is 34.5 Å². The van der Waals surface area contributed by atoms with E-state index in [-0.39, 0.29) is 18.4 Å². The second kappa shape index (κ2) is 10.2. The van der Waals surface area contributed by atoms with Gasteiger partial charge in [-0.05, 0) is 55.2 Å². The minimum Gasteiger partial charge on any atom is -0.482 e. The zero-order valence-corrected chi connectivity index (χ0v) is 19.4. The fourth-order valence-electron chi connectivity index (χ4n) is 3.27. The lowest BCUT2D eigenvalue weighted by Gasteiger charge is -2.22. The monoisotopic (exact) mass is 484 g/mol. The molecular formula is C24H22Cl2N4O3. The van der Waals surface area contributed by atoms with Crippen molar-refractivity contribution in [2.24, 2.45) is 5.92 Å². The molecule has 1 aliphatic carbocycles. The number of halogens is 2. The zero-order chi connectivity index (χ0) is 23.4. The van der Waals surface area contributed by atoms with Crippen molar-refractivity contribution in [2.45, 2.75) is 19.8 Å². The SMILES string of the molecule is CC(=O)N(CC1CC1)c1ccc(-c2ccc(NC(=O)COc3ccc(Cl)nc3)cn2)cc1Cl. The van der Waals surface area contributed by atoms with Gasteiger partial charge in [0.15, 0.2) is 6.61 Å². The Hall–Kier alpha value is -3.16. The molecule has 1 N–H and O–H groups in total. The topological polar surface area (TPSA) is 84.4 Å². The summed E-state index contributed by atoms with van der Waals surface area (Å²) < 4.78 is 5.38.